The second-order valence-corrected chi connectivity index (χ2v) is 4.62. The summed E-state index contributed by atoms with van der Waals surface area (Å²) in [6.45, 7) is 5.34. The normalized spacial score (nSPS) is 25.7. The van der Waals surface area contributed by atoms with Crippen molar-refractivity contribution in [3.8, 4) is 0 Å². The Morgan fingerprint density at radius 2 is 1.94 bits per heavy atom. The number of carbonyl (C=O) groups is 1. The van der Waals surface area contributed by atoms with Crippen molar-refractivity contribution in [3.05, 3.63) is 34.4 Å². The van der Waals surface area contributed by atoms with E-state index >= 15 is 0 Å². The van der Waals surface area contributed by atoms with Gasteiger partial charge in [0.05, 0.1) is 18.1 Å². The number of Topliss-reactive ketones (excluding diaryl/α,β-unsaturated/α-hetero) is 1. The summed E-state index contributed by atoms with van der Waals surface area (Å²) >= 11 is 0. The Bertz CT molecular complexity index is 449. The highest BCUT2D eigenvalue weighted by atomic mass is 16.3. The van der Waals surface area contributed by atoms with Crippen LogP contribution >= 0.6 is 0 Å². The zero-order valence-corrected chi connectivity index (χ0v) is 9.69. The van der Waals surface area contributed by atoms with Crippen molar-refractivity contribution in [2.75, 3.05) is 0 Å². The first-order valence-corrected chi connectivity index (χ1v) is 5.45. The first kappa shape index (κ1) is 11.3. The first-order valence-electron chi connectivity index (χ1n) is 5.45. The molecule has 1 aliphatic carbocycles. The van der Waals surface area contributed by atoms with Crippen LogP contribution in [0.4, 0.5) is 0 Å². The molecule has 0 aliphatic heterocycles. The van der Waals surface area contributed by atoms with E-state index in [1.807, 2.05) is 19.9 Å². The van der Waals surface area contributed by atoms with E-state index in [4.69, 9.17) is 0 Å². The lowest BCUT2D eigenvalue weighted by atomic mass is 9.96. The van der Waals surface area contributed by atoms with Crippen LogP contribution in [0.15, 0.2) is 12.1 Å². The third-order valence-electron chi connectivity index (χ3n) is 3.26. The third kappa shape index (κ3) is 1.47. The van der Waals surface area contributed by atoms with Crippen LogP contribution in [-0.4, -0.2) is 22.1 Å². The molecule has 1 aliphatic rings. The number of carbonyl (C=O) groups excluding carboxylic acids is 1. The highest BCUT2D eigenvalue weighted by molar-refractivity contribution is 6.03. The Balaban J connectivity index is 2.59. The average molecular weight is 220 g/mol. The van der Waals surface area contributed by atoms with E-state index < -0.39 is 18.1 Å². The van der Waals surface area contributed by atoms with E-state index in [1.165, 1.54) is 0 Å². The smallest absolute Gasteiger partial charge is 0.171 e. The zero-order chi connectivity index (χ0) is 12.0. The molecule has 2 rings (SSSR count). The quantitative estimate of drug-likeness (QED) is 0.754. The van der Waals surface area contributed by atoms with Crippen LogP contribution in [-0.2, 0) is 0 Å². The van der Waals surface area contributed by atoms with E-state index in [0.29, 0.717) is 11.1 Å². The minimum Gasteiger partial charge on any atom is -0.393 e. The molecule has 0 saturated carbocycles. The molecule has 0 heterocycles. The monoisotopic (exact) mass is 220 g/mol. The van der Waals surface area contributed by atoms with Gasteiger partial charge in [-0.3, -0.25) is 4.79 Å². The lowest BCUT2D eigenvalue weighted by Crippen LogP contribution is -2.25. The summed E-state index contributed by atoms with van der Waals surface area (Å²) in [5, 5.41) is 19.6. The summed E-state index contributed by atoms with van der Waals surface area (Å²) in [5.41, 5.74) is 3.17. The fourth-order valence-corrected chi connectivity index (χ4v) is 2.56. The molecular weight excluding hydrogens is 204 g/mol. The second-order valence-electron chi connectivity index (χ2n) is 4.62. The van der Waals surface area contributed by atoms with Crippen molar-refractivity contribution in [1.82, 2.24) is 0 Å². The minimum atomic E-state index is -0.872. The Labute approximate surface area is 94.7 Å². The molecule has 0 radical (unpaired) electrons. The maximum Gasteiger partial charge on any atom is 0.171 e. The molecule has 1 aromatic carbocycles. The lowest BCUT2D eigenvalue weighted by Gasteiger charge is -2.16. The summed E-state index contributed by atoms with van der Waals surface area (Å²) in [4.78, 5) is 12.0. The predicted octanol–water partition coefficient (Wildman–Crippen LogP) is 1.53. The van der Waals surface area contributed by atoms with Gasteiger partial charge < -0.3 is 10.2 Å². The van der Waals surface area contributed by atoms with Crippen LogP contribution in [0, 0.1) is 19.8 Å². The highest BCUT2D eigenvalue weighted by Gasteiger charge is 2.42. The molecule has 0 amide bonds. The van der Waals surface area contributed by atoms with Gasteiger partial charge in [-0.15, -0.1) is 0 Å². The molecule has 3 heteroatoms. The molecule has 16 heavy (non-hydrogen) atoms. The fourth-order valence-electron chi connectivity index (χ4n) is 2.56. The number of benzene rings is 1. The largest absolute Gasteiger partial charge is 0.393 e. The van der Waals surface area contributed by atoms with Crippen molar-refractivity contribution in [1.29, 1.82) is 0 Å². The zero-order valence-electron chi connectivity index (χ0n) is 9.69. The van der Waals surface area contributed by atoms with Crippen LogP contribution in [0.25, 0.3) is 0 Å². The number of ketones is 1. The van der Waals surface area contributed by atoms with Gasteiger partial charge in [-0.05, 0) is 38.0 Å². The van der Waals surface area contributed by atoms with Gasteiger partial charge >= 0.3 is 0 Å². The summed E-state index contributed by atoms with van der Waals surface area (Å²) in [6.07, 6.45) is -1.70. The van der Waals surface area contributed by atoms with Crippen LogP contribution in [0.3, 0.4) is 0 Å². The molecule has 86 valence electrons. The Morgan fingerprint density at radius 3 is 2.50 bits per heavy atom. The second kappa shape index (κ2) is 3.68. The average Bonchev–Trinajstić information content (AvgIpc) is 2.38. The van der Waals surface area contributed by atoms with Gasteiger partial charge in [0.1, 0.15) is 0 Å². The van der Waals surface area contributed by atoms with Crippen molar-refractivity contribution in [3.63, 3.8) is 0 Å². The van der Waals surface area contributed by atoms with E-state index in [9.17, 15) is 15.0 Å². The Hall–Kier alpha value is -1.19. The summed E-state index contributed by atoms with van der Waals surface area (Å²) in [5.74, 6) is -0.861. The molecule has 1 aromatic rings. The molecule has 0 bridgehead atoms. The molecule has 0 spiro atoms. The van der Waals surface area contributed by atoms with Crippen LogP contribution < -0.4 is 0 Å². The Kier molecular flexibility index (Phi) is 2.60. The van der Waals surface area contributed by atoms with Gasteiger partial charge in [-0.25, -0.2) is 0 Å². The van der Waals surface area contributed by atoms with Crippen LogP contribution in [0.5, 0.6) is 0 Å². The predicted molar refractivity (Wildman–Crippen MR) is 60.4 cm³/mol. The first-order chi connectivity index (χ1) is 7.43. The van der Waals surface area contributed by atoms with Crippen LogP contribution in [0.1, 0.15) is 40.1 Å². The SMILES string of the molecule is Cc1cc(C)c2c(c1)C(=O)C(C(C)O)C2O. The van der Waals surface area contributed by atoms with Crippen molar-refractivity contribution in [2.24, 2.45) is 5.92 Å². The van der Waals surface area contributed by atoms with Crippen molar-refractivity contribution in [2.45, 2.75) is 33.0 Å². The molecular formula is C13H16O3. The van der Waals surface area contributed by atoms with E-state index in [2.05, 4.69) is 0 Å². The number of hydrogen-bond donors (Lipinski definition) is 2. The summed E-state index contributed by atoms with van der Waals surface area (Å²) in [6, 6.07) is 3.73. The van der Waals surface area contributed by atoms with Gasteiger partial charge in [-0.2, -0.15) is 0 Å². The highest BCUT2D eigenvalue weighted by Crippen LogP contribution is 2.40. The van der Waals surface area contributed by atoms with Crippen LogP contribution in [0.2, 0.25) is 0 Å². The van der Waals surface area contributed by atoms with Gasteiger partial charge in [0.15, 0.2) is 5.78 Å². The number of aryl methyl sites for hydroxylation is 2. The fraction of sp³-hybridized carbons (Fsp3) is 0.462. The van der Waals surface area contributed by atoms with Gasteiger partial charge in [0.2, 0.25) is 0 Å². The third-order valence-corrected chi connectivity index (χ3v) is 3.26. The molecule has 0 fully saturated rings. The minimum absolute atomic E-state index is 0.149. The summed E-state index contributed by atoms with van der Waals surface area (Å²) in [7, 11) is 0. The maximum absolute atomic E-state index is 12.0. The van der Waals surface area contributed by atoms with Gasteiger partial charge in [0.25, 0.3) is 0 Å². The number of fused-ring (bicyclic) bond motifs is 1. The maximum atomic E-state index is 12.0. The molecule has 3 unspecified atom stereocenters. The van der Waals surface area contributed by atoms with Gasteiger partial charge in [0, 0.05) is 5.56 Å². The standard InChI is InChI=1S/C13H16O3/c1-6-4-7(2)10-9(5-6)12(15)11(8(3)14)13(10)16/h4-5,8,11,13-14,16H,1-3H3. The number of rotatable bonds is 1. The van der Waals surface area contributed by atoms with E-state index in [-0.39, 0.29) is 5.78 Å². The number of aliphatic hydroxyl groups excluding tert-OH is 2. The molecule has 3 atom stereocenters. The van der Waals surface area contributed by atoms with Crippen molar-refractivity contribution < 1.29 is 15.0 Å². The number of aliphatic hydroxyl groups is 2. The topological polar surface area (TPSA) is 57.5 Å². The Morgan fingerprint density at radius 1 is 1.31 bits per heavy atom. The molecule has 2 N–H and O–H groups in total. The molecule has 0 saturated heterocycles. The summed E-state index contributed by atoms with van der Waals surface area (Å²) < 4.78 is 0. The van der Waals surface area contributed by atoms with E-state index in [0.717, 1.165) is 11.1 Å². The van der Waals surface area contributed by atoms with E-state index in [1.54, 1.807) is 13.0 Å². The van der Waals surface area contributed by atoms with Gasteiger partial charge in [-0.1, -0.05) is 11.6 Å². The van der Waals surface area contributed by atoms with Crippen molar-refractivity contribution >= 4 is 5.78 Å². The lowest BCUT2D eigenvalue weighted by molar-refractivity contribution is 0.0304. The number of hydrogen-bond acceptors (Lipinski definition) is 3. The molecule has 0 aromatic heterocycles. The molecule has 3 nitrogen and oxygen atoms in total.